The first-order valence-corrected chi connectivity index (χ1v) is 6.95. The van der Waals surface area contributed by atoms with Crippen LogP contribution in [0.4, 0.5) is 0 Å². The lowest BCUT2D eigenvalue weighted by atomic mass is 9.97. The zero-order valence-electron chi connectivity index (χ0n) is 11.8. The van der Waals surface area contributed by atoms with Crippen molar-refractivity contribution in [1.82, 2.24) is 20.3 Å². The molecule has 5 heteroatoms. The SMILES string of the molecule is CCc1ccc(C)cc1-c1nc2nncc2c2o[nH]cc12. The molecule has 5 nitrogen and oxygen atoms in total. The van der Waals surface area contributed by atoms with Crippen LogP contribution < -0.4 is 0 Å². The zero-order valence-corrected chi connectivity index (χ0v) is 11.8. The first-order chi connectivity index (χ1) is 10.3. The van der Waals surface area contributed by atoms with E-state index in [0.717, 1.165) is 34.0 Å². The number of hydrogen-bond acceptors (Lipinski definition) is 4. The van der Waals surface area contributed by atoms with Gasteiger partial charge in [0.15, 0.2) is 11.2 Å². The van der Waals surface area contributed by atoms with Gasteiger partial charge < -0.3 is 4.52 Å². The fourth-order valence-electron chi connectivity index (χ4n) is 2.73. The van der Waals surface area contributed by atoms with Crippen molar-refractivity contribution in [3.8, 4) is 11.3 Å². The topological polar surface area (TPSA) is 67.6 Å². The third-order valence-corrected chi connectivity index (χ3v) is 3.81. The third-order valence-electron chi connectivity index (χ3n) is 3.81. The van der Waals surface area contributed by atoms with E-state index < -0.39 is 0 Å². The van der Waals surface area contributed by atoms with E-state index in [0.29, 0.717) is 5.65 Å². The molecule has 1 aromatic carbocycles. The molecule has 1 N–H and O–H groups in total. The van der Waals surface area contributed by atoms with E-state index in [2.05, 4.69) is 47.4 Å². The van der Waals surface area contributed by atoms with Crippen LogP contribution in [0.5, 0.6) is 0 Å². The highest BCUT2D eigenvalue weighted by atomic mass is 16.5. The second-order valence-electron chi connectivity index (χ2n) is 5.16. The maximum absolute atomic E-state index is 5.51. The normalized spacial score (nSPS) is 11.5. The summed E-state index contributed by atoms with van der Waals surface area (Å²) in [5.74, 6) is 0. The maximum atomic E-state index is 5.51. The minimum atomic E-state index is 0.615. The predicted molar refractivity (Wildman–Crippen MR) is 81.0 cm³/mol. The summed E-state index contributed by atoms with van der Waals surface area (Å²) in [5, 5.41) is 12.6. The van der Waals surface area contributed by atoms with Crippen LogP contribution >= 0.6 is 0 Å². The van der Waals surface area contributed by atoms with Crippen LogP contribution in [0.25, 0.3) is 33.3 Å². The van der Waals surface area contributed by atoms with Crippen LogP contribution in [0.1, 0.15) is 18.1 Å². The van der Waals surface area contributed by atoms with Crippen LogP contribution in [0, 0.1) is 6.92 Å². The Morgan fingerprint density at radius 3 is 3.00 bits per heavy atom. The lowest BCUT2D eigenvalue weighted by Gasteiger charge is -2.09. The summed E-state index contributed by atoms with van der Waals surface area (Å²) in [7, 11) is 0. The lowest BCUT2D eigenvalue weighted by Crippen LogP contribution is -1.93. The number of nitrogens with one attached hydrogen (secondary N) is 1. The summed E-state index contributed by atoms with van der Waals surface area (Å²) in [4.78, 5) is 4.70. The van der Waals surface area contributed by atoms with Crippen LogP contribution in [0.15, 0.2) is 35.1 Å². The smallest absolute Gasteiger partial charge is 0.187 e. The molecule has 4 rings (SSSR count). The molecule has 0 aliphatic heterocycles. The molecule has 0 fully saturated rings. The molecule has 0 radical (unpaired) electrons. The largest absolute Gasteiger partial charge is 0.381 e. The maximum Gasteiger partial charge on any atom is 0.187 e. The lowest BCUT2D eigenvalue weighted by molar-refractivity contribution is 0.458. The van der Waals surface area contributed by atoms with E-state index in [1.165, 1.54) is 11.1 Å². The number of fused-ring (bicyclic) bond motifs is 3. The van der Waals surface area contributed by atoms with Crippen molar-refractivity contribution in [2.24, 2.45) is 0 Å². The van der Waals surface area contributed by atoms with Crippen LogP contribution in [0.3, 0.4) is 0 Å². The van der Waals surface area contributed by atoms with Gasteiger partial charge >= 0.3 is 0 Å². The number of benzene rings is 1. The monoisotopic (exact) mass is 278 g/mol. The van der Waals surface area contributed by atoms with Gasteiger partial charge in [0, 0.05) is 11.8 Å². The number of pyridine rings is 1. The van der Waals surface area contributed by atoms with Crippen molar-refractivity contribution < 1.29 is 4.52 Å². The van der Waals surface area contributed by atoms with Gasteiger partial charge in [0.1, 0.15) is 0 Å². The van der Waals surface area contributed by atoms with Crippen LogP contribution in [0.2, 0.25) is 0 Å². The molecule has 0 atom stereocenters. The molecule has 4 aromatic rings. The molecule has 0 aliphatic rings. The average Bonchev–Trinajstić information content (AvgIpc) is 3.14. The summed E-state index contributed by atoms with van der Waals surface area (Å²) in [6, 6.07) is 6.44. The number of rotatable bonds is 2. The van der Waals surface area contributed by atoms with Crippen molar-refractivity contribution in [3.63, 3.8) is 0 Å². The highest BCUT2D eigenvalue weighted by Crippen LogP contribution is 2.33. The fraction of sp³-hybridized carbons (Fsp3) is 0.188. The van der Waals surface area contributed by atoms with Gasteiger partial charge in [-0.05, 0) is 25.0 Å². The zero-order chi connectivity index (χ0) is 14.4. The van der Waals surface area contributed by atoms with Crippen molar-refractivity contribution in [2.45, 2.75) is 20.3 Å². The minimum Gasteiger partial charge on any atom is -0.381 e. The van der Waals surface area contributed by atoms with E-state index in [1.54, 1.807) is 6.20 Å². The molecular formula is C16H14N4O. The van der Waals surface area contributed by atoms with E-state index in [-0.39, 0.29) is 0 Å². The van der Waals surface area contributed by atoms with E-state index >= 15 is 0 Å². The Bertz CT molecular complexity index is 951. The number of hydrogen-bond donors (Lipinski definition) is 1. The predicted octanol–water partition coefficient (Wildman–Crippen LogP) is 3.64. The Balaban J connectivity index is 2.13. The molecule has 21 heavy (non-hydrogen) atoms. The Morgan fingerprint density at radius 2 is 2.14 bits per heavy atom. The molecular weight excluding hydrogens is 264 g/mol. The van der Waals surface area contributed by atoms with Crippen LogP contribution in [-0.2, 0) is 6.42 Å². The first-order valence-electron chi connectivity index (χ1n) is 6.95. The Hall–Kier alpha value is -2.69. The second kappa shape index (κ2) is 4.41. The number of aromatic amines is 1. The van der Waals surface area contributed by atoms with Crippen molar-refractivity contribution >= 4 is 22.0 Å². The summed E-state index contributed by atoms with van der Waals surface area (Å²) >= 11 is 0. The van der Waals surface area contributed by atoms with Crippen LogP contribution in [-0.4, -0.2) is 20.3 Å². The standard InChI is InChI=1S/C16H14N4O/c1-3-10-5-4-9(2)6-11(10)14-12-8-18-21-15(12)13-7-17-20-16(13)19-14/h4-8,18H,3H2,1-2H3. The van der Waals surface area contributed by atoms with E-state index in [9.17, 15) is 0 Å². The van der Waals surface area contributed by atoms with Gasteiger partial charge in [-0.25, -0.2) is 10.1 Å². The van der Waals surface area contributed by atoms with Crippen molar-refractivity contribution in [2.75, 3.05) is 0 Å². The van der Waals surface area contributed by atoms with E-state index in [4.69, 9.17) is 9.51 Å². The highest BCUT2D eigenvalue weighted by molar-refractivity contribution is 6.06. The first kappa shape index (κ1) is 12.1. The molecule has 0 aliphatic carbocycles. The molecule has 3 aromatic heterocycles. The molecule has 0 amide bonds. The fourth-order valence-corrected chi connectivity index (χ4v) is 2.73. The summed E-state index contributed by atoms with van der Waals surface area (Å²) in [6.45, 7) is 4.23. The van der Waals surface area contributed by atoms with Crippen molar-refractivity contribution in [3.05, 3.63) is 41.7 Å². The third kappa shape index (κ3) is 1.74. The quantitative estimate of drug-likeness (QED) is 0.608. The number of nitrogens with zero attached hydrogens (tertiary/aromatic N) is 3. The van der Waals surface area contributed by atoms with Gasteiger partial charge in [0.25, 0.3) is 0 Å². The molecule has 104 valence electrons. The van der Waals surface area contributed by atoms with Gasteiger partial charge in [-0.1, -0.05) is 24.6 Å². The minimum absolute atomic E-state index is 0.615. The Labute approximate surface area is 121 Å². The average molecular weight is 278 g/mol. The summed E-state index contributed by atoms with van der Waals surface area (Å²) in [5.41, 5.74) is 5.85. The van der Waals surface area contributed by atoms with E-state index in [1.807, 2.05) is 6.20 Å². The molecule has 0 saturated carbocycles. The Kier molecular flexibility index (Phi) is 2.54. The second-order valence-corrected chi connectivity index (χ2v) is 5.16. The number of aryl methyl sites for hydroxylation is 2. The molecule has 0 spiro atoms. The Morgan fingerprint density at radius 1 is 1.24 bits per heavy atom. The molecule has 0 bridgehead atoms. The summed E-state index contributed by atoms with van der Waals surface area (Å²) < 4.78 is 5.51. The molecule has 0 unspecified atom stereocenters. The number of aromatic nitrogens is 4. The molecule has 0 saturated heterocycles. The summed E-state index contributed by atoms with van der Waals surface area (Å²) in [6.07, 6.45) is 4.47. The van der Waals surface area contributed by atoms with Gasteiger partial charge in [-0.2, -0.15) is 5.10 Å². The van der Waals surface area contributed by atoms with Gasteiger partial charge in [0.05, 0.1) is 22.7 Å². The van der Waals surface area contributed by atoms with Gasteiger partial charge in [-0.3, -0.25) is 0 Å². The highest BCUT2D eigenvalue weighted by Gasteiger charge is 2.17. The van der Waals surface area contributed by atoms with Gasteiger partial charge in [-0.15, -0.1) is 5.10 Å². The molecule has 3 heterocycles. The number of H-pyrrole nitrogens is 1. The van der Waals surface area contributed by atoms with Crippen molar-refractivity contribution in [1.29, 1.82) is 0 Å². The van der Waals surface area contributed by atoms with Gasteiger partial charge in [0.2, 0.25) is 0 Å².